The summed E-state index contributed by atoms with van der Waals surface area (Å²) in [5.41, 5.74) is 3.83. The van der Waals surface area contributed by atoms with Crippen LogP contribution in [-0.2, 0) is 10.2 Å². The fraction of sp³-hybridized carbons (Fsp3) is 0.480. The number of ether oxygens (including phenoxy) is 1. The van der Waals surface area contributed by atoms with Gasteiger partial charge in [-0.2, -0.15) is 0 Å². The van der Waals surface area contributed by atoms with E-state index in [1.165, 1.54) is 0 Å². The summed E-state index contributed by atoms with van der Waals surface area (Å²) in [5, 5.41) is 18.1. The monoisotopic (exact) mass is 481 g/mol. The molecule has 0 saturated carbocycles. The number of nitrogens with zero attached hydrogens (tertiary/aromatic N) is 3. The molecule has 10 heteroatoms. The number of benzene rings is 1. The van der Waals surface area contributed by atoms with Crippen molar-refractivity contribution in [3.05, 3.63) is 40.9 Å². The molecule has 2 aliphatic rings. The van der Waals surface area contributed by atoms with Crippen LogP contribution in [-0.4, -0.2) is 70.3 Å². The summed E-state index contributed by atoms with van der Waals surface area (Å²) in [4.78, 5) is 32.7. The molecule has 0 unspecified atom stereocenters. The molecule has 3 aromatic rings. The Morgan fingerprint density at radius 3 is 2.66 bits per heavy atom. The molecule has 0 radical (unpaired) electrons. The molecule has 1 aromatic carbocycles. The smallest absolute Gasteiger partial charge is 0.321 e. The highest BCUT2D eigenvalue weighted by Crippen LogP contribution is 2.49. The number of carbonyl (C=O) groups excluding carboxylic acids is 2. The van der Waals surface area contributed by atoms with Crippen LogP contribution >= 0.6 is 0 Å². The quantitative estimate of drug-likeness (QED) is 0.528. The summed E-state index contributed by atoms with van der Waals surface area (Å²) in [6.45, 7) is 6.50. The van der Waals surface area contributed by atoms with Gasteiger partial charge in [-0.1, -0.05) is 5.16 Å². The van der Waals surface area contributed by atoms with Gasteiger partial charge in [-0.25, -0.2) is 4.79 Å². The highest BCUT2D eigenvalue weighted by atomic mass is 16.5. The summed E-state index contributed by atoms with van der Waals surface area (Å²) in [6, 6.07) is 5.29. The summed E-state index contributed by atoms with van der Waals surface area (Å²) in [5.74, 6) is 1.23. The van der Waals surface area contributed by atoms with Gasteiger partial charge in [0.2, 0.25) is 5.91 Å². The number of nitrogens with one attached hydrogen (secondary N) is 2. The number of methoxy groups -OCH3 is 1. The fourth-order valence-electron chi connectivity index (χ4n) is 5.73. The number of amides is 3. The molecule has 1 fully saturated rings. The number of hydrogen-bond donors (Lipinski definition) is 3. The Balaban J connectivity index is 1.49. The van der Waals surface area contributed by atoms with Crippen LogP contribution in [0.5, 0.6) is 5.75 Å². The van der Waals surface area contributed by atoms with Crippen molar-refractivity contribution in [1.29, 1.82) is 0 Å². The van der Waals surface area contributed by atoms with Crippen molar-refractivity contribution in [3.8, 4) is 5.75 Å². The Hall–Kier alpha value is -3.53. The van der Waals surface area contributed by atoms with Gasteiger partial charge in [0.25, 0.3) is 0 Å². The molecule has 3 amide bonds. The zero-order chi connectivity index (χ0) is 24.9. The number of carbonyl (C=O) groups is 2. The third-order valence-electron chi connectivity index (χ3n) is 7.60. The van der Waals surface area contributed by atoms with Crippen LogP contribution in [0.25, 0.3) is 10.9 Å². The summed E-state index contributed by atoms with van der Waals surface area (Å²) in [6.07, 6.45) is 1.38. The van der Waals surface area contributed by atoms with Gasteiger partial charge in [0, 0.05) is 54.6 Å². The number of aromatic nitrogens is 2. The Morgan fingerprint density at radius 2 is 2.06 bits per heavy atom. The molecule has 1 atom stereocenters. The number of H-pyrrole nitrogens is 1. The standard InChI is InChI=1S/C25H31N5O5/c1-14-22(15(2)35-28-14)27-24(33)29-9-7-25(8-10-29)13-30(16(3)32)20(12-31)23-21(25)18-6-5-17(34-4)11-19(18)26-23/h5-6,11,20,26,31H,7-10,12-13H2,1-4H3,(H,27,33)/t20-/m0/s1. The molecule has 5 rings (SSSR count). The zero-order valence-corrected chi connectivity index (χ0v) is 20.5. The van der Waals surface area contributed by atoms with E-state index in [-0.39, 0.29) is 24.0 Å². The lowest BCUT2D eigenvalue weighted by atomic mass is 9.68. The van der Waals surface area contributed by atoms with Crippen LogP contribution in [0.4, 0.5) is 10.5 Å². The number of aliphatic hydroxyl groups excluding tert-OH is 1. The van der Waals surface area contributed by atoms with Crippen LogP contribution in [0.1, 0.15) is 48.5 Å². The van der Waals surface area contributed by atoms with Crippen LogP contribution < -0.4 is 10.1 Å². The van der Waals surface area contributed by atoms with Crippen molar-refractivity contribution in [1.82, 2.24) is 19.9 Å². The molecule has 1 saturated heterocycles. The lowest BCUT2D eigenvalue weighted by Crippen LogP contribution is -2.55. The maximum Gasteiger partial charge on any atom is 0.321 e. The van der Waals surface area contributed by atoms with Crippen LogP contribution in [0.2, 0.25) is 0 Å². The predicted octanol–water partition coefficient (Wildman–Crippen LogP) is 3.24. The van der Waals surface area contributed by atoms with E-state index in [0.717, 1.165) is 27.9 Å². The highest BCUT2D eigenvalue weighted by molar-refractivity contribution is 5.91. The number of urea groups is 1. The van der Waals surface area contributed by atoms with Crippen molar-refractivity contribution >= 4 is 28.5 Å². The number of hydrogen-bond acceptors (Lipinski definition) is 6. The molecular weight excluding hydrogens is 450 g/mol. The van der Waals surface area contributed by atoms with Crippen molar-refractivity contribution in [2.24, 2.45) is 0 Å². The summed E-state index contributed by atoms with van der Waals surface area (Å²) in [7, 11) is 1.63. The molecule has 0 aliphatic carbocycles. The number of aliphatic hydroxyl groups is 1. The Morgan fingerprint density at radius 1 is 1.31 bits per heavy atom. The first-order valence-corrected chi connectivity index (χ1v) is 11.8. The lowest BCUT2D eigenvalue weighted by Gasteiger charge is -2.50. The first-order valence-electron chi connectivity index (χ1n) is 11.8. The zero-order valence-electron chi connectivity index (χ0n) is 20.5. The van der Waals surface area contributed by atoms with Crippen LogP contribution in [0.3, 0.4) is 0 Å². The third-order valence-corrected chi connectivity index (χ3v) is 7.60. The van der Waals surface area contributed by atoms with Gasteiger partial charge >= 0.3 is 6.03 Å². The van der Waals surface area contributed by atoms with Gasteiger partial charge in [-0.3, -0.25) is 4.79 Å². The van der Waals surface area contributed by atoms with Crippen LogP contribution in [0.15, 0.2) is 22.7 Å². The minimum absolute atomic E-state index is 0.0797. The van der Waals surface area contributed by atoms with Crippen molar-refractivity contribution < 1.29 is 24.0 Å². The fourth-order valence-corrected chi connectivity index (χ4v) is 5.73. The minimum atomic E-state index is -0.438. The van der Waals surface area contributed by atoms with Crippen molar-refractivity contribution in [2.75, 3.05) is 38.7 Å². The first-order chi connectivity index (χ1) is 16.8. The normalized spacial score (nSPS) is 19.2. The molecule has 10 nitrogen and oxygen atoms in total. The predicted molar refractivity (Wildman–Crippen MR) is 130 cm³/mol. The summed E-state index contributed by atoms with van der Waals surface area (Å²) >= 11 is 0. The number of aryl methyl sites for hydroxylation is 2. The van der Waals surface area contributed by atoms with Gasteiger partial charge in [0.05, 0.1) is 19.8 Å². The topological polar surface area (TPSA) is 124 Å². The number of rotatable bonds is 3. The Bertz CT molecular complexity index is 1270. The Labute approximate surface area is 203 Å². The van der Waals surface area contributed by atoms with Crippen molar-refractivity contribution in [2.45, 2.75) is 45.1 Å². The van der Waals surface area contributed by atoms with Gasteiger partial charge < -0.3 is 34.5 Å². The Kier molecular flexibility index (Phi) is 5.71. The second kappa shape index (κ2) is 8.60. The van der Waals surface area contributed by atoms with Gasteiger partial charge in [0.15, 0.2) is 5.76 Å². The van der Waals surface area contributed by atoms with E-state index in [2.05, 4.69) is 15.5 Å². The van der Waals surface area contributed by atoms with Gasteiger partial charge in [-0.15, -0.1) is 0 Å². The van der Waals surface area contributed by atoms with E-state index in [1.807, 2.05) is 18.2 Å². The maximum atomic E-state index is 13.0. The first kappa shape index (κ1) is 23.2. The van der Waals surface area contributed by atoms with Crippen molar-refractivity contribution in [3.63, 3.8) is 0 Å². The van der Waals surface area contributed by atoms with Crippen LogP contribution in [0, 0.1) is 13.8 Å². The number of piperidine rings is 1. The highest BCUT2D eigenvalue weighted by Gasteiger charge is 2.48. The van der Waals surface area contributed by atoms with E-state index >= 15 is 0 Å². The molecule has 2 aromatic heterocycles. The second-order valence-corrected chi connectivity index (χ2v) is 9.57. The van der Waals surface area contributed by atoms with E-state index in [9.17, 15) is 14.7 Å². The maximum absolute atomic E-state index is 13.0. The molecule has 186 valence electrons. The molecule has 35 heavy (non-hydrogen) atoms. The minimum Gasteiger partial charge on any atom is -0.497 e. The SMILES string of the molecule is COc1ccc2c3c([nH]c2c1)[C@H](CO)N(C(C)=O)CC31CCN(C(=O)Nc2c(C)noc2C)CC1. The average Bonchev–Trinajstić information content (AvgIpc) is 3.39. The third kappa shape index (κ3) is 3.72. The molecule has 4 heterocycles. The largest absolute Gasteiger partial charge is 0.497 e. The summed E-state index contributed by atoms with van der Waals surface area (Å²) < 4.78 is 10.6. The number of fused-ring (bicyclic) bond motifs is 4. The number of likely N-dealkylation sites (tertiary alicyclic amines) is 1. The molecule has 2 aliphatic heterocycles. The second-order valence-electron chi connectivity index (χ2n) is 9.57. The van der Waals surface area contributed by atoms with E-state index < -0.39 is 6.04 Å². The number of aromatic amines is 1. The molecular formula is C25H31N5O5. The van der Waals surface area contributed by atoms with E-state index in [1.54, 1.807) is 37.7 Å². The lowest BCUT2D eigenvalue weighted by molar-refractivity contribution is -0.134. The molecule has 3 N–H and O–H groups in total. The number of anilines is 1. The van der Waals surface area contributed by atoms with E-state index in [0.29, 0.717) is 49.6 Å². The van der Waals surface area contributed by atoms with Gasteiger partial charge in [-0.05, 0) is 44.4 Å². The average molecular weight is 482 g/mol. The molecule has 1 spiro atoms. The van der Waals surface area contributed by atoms with E-state index in [4.69, 9.17) is 9.26 Å². The van der Waals surface area contributed by atoms with Gasteiger partial charge in [0.1, 0.15) is 17.1 Å². The molecule has 0 bridgehead atoms.